The number of fused-ring (bicyclic) bond motifs is 1. The van der Waals surface area contributed by atoms with E-state index in [1.54, 1.807) is 24.3 Å². The van der Waals surface area contributed by atoms with Crippen molar-refractivity contribution < 1.29 is 23.8 Å². The van der Waals surface area contributed by atoms with Crippen molar-refractivity contribution >= 4 is 11.7 Å². The van der Waals surface area contributed by atoms with Gasteiger partial charge in [-0.15, -0.1) is 0 Å². The van der Waals surface area contributed by atoms with Gasteiger partial charge in [-0.3, -0.25) is 9.59 Å². The van der Waals surface area contributed by atoms with Crippen molar-refractivity contribution in [3.05, 3.63) is 53.6 Å². The molecular weight excluding hydrogens is 394 g/mol. The molecule has 166 valence electrons. The SMILES string of the molecule is CC(=O)c1ccc(OCCCC(=O)NC(c2ccc3c(c2)OCCCO3)C(C)C)cc1. The Morgan fingerprint density at radius 3 is 2.42 bits per heavy atom. The maximum absolute atomic E-state index is 12.5. The summed E-state index contributed by atoms with van der Waals surface area (Å²) in [6.45, 7) is 7.42. The lowest BCUT2D eigenvalue weighted by Gasteiger charge is -2.24. The van der Waals surface area contributed by atoms with Gasteiger partial charge in [-0.2, -0.15) is 0 Å². The summed E-state index contributed by atoms with van der Waals surface area (Å²) in [5, 5.41) is 3.15. The van der Waals surface area contributed by atoms with Crippen LogP contribution in [0.25, 0.3) is 0 Å². The van der Waals surface area contributed by atoms with Crippen LogP contribution in [0.5, 0.6) is 17.2 Å². The van der Waals surface area contributed by atoms with E-state index in [4.69, 9.17) is 14.2 Å². The Balaban J connectivity index is 1.50. The summed E-state index contributed by atoms with van der Waals surface area (Å²) in [5.41, 5.74) is 1.66. The van der Waals surface area contributed by atoms with Gasteiger partial charge in [0.1, 0.15) is 5.75 Å². The van der Waals surface area contributed by atoms with Crippen molar-refractivity contribution in [3.8, 4) is 17.2 Å². The number of benzene rings is 2. The van der Waals surface area contributed by atoms with Crippen molar-refractivity contribution in [2.24, 2.45) is 5.92 Å². The number of Topliss-reactive ketones (excluding diaryl/α,β-unsaturated/α-hetero) is 1. The molecule has 0 aliphatic carbocycles. The van der Waals surface area contributed by atoms with Crippen LogP contribution in [0.3, 0.4) is 0 Å². The molecule has 0 spiro atoms. The minimum absolute atomic E-state index is 0.0126. The monoisotopic (exact) mass is 425 g/mol. The molecular formula is C25H31NO5. The Bertz CT molecular complexity index is 891. The number of rotatable bonds is 9. The first-order valence-electron chi connectivity index (χ1n) is 10.9. The van der Waals surface area contributed by atoms with Crippen molar-refractivity contribution in [3.63, 3.8) is 0 Å². The molecule has 6 heteroatoms. The highest BCUT2D eigenvalue weighted by Gasteiger charge is 2.21. The molecule has 1 heterocycles. The molecule has 1 amide bonds. The fourth-order valence-electron chi connectivity index (χ4n) is 3.46. The number of carbonyl (C=O) groups is 2. The van der Waals surface area contributed by atoms with Crippen molar-refractivity contribution in [1.82, 2.24) is 5.32 Å². The van der Waals surface area contributed by atoms with E-state index in [0.29, 0.717) is 44.0 Å². The maximum Gasteiger partial charge on any atom is 0.220 e. The Kier molecular flexibility index (Phi) is 7.93. The highest BCUT2D eigenvalue weighted by molar-refractivity contribution is 5.94. The third kappa shape index (κ3) is 6.48. The molecule has 1 unspecified atom stereocenters. The molecule has 1 aliphatic rings. The van der Waals surface area contributed by atoms with Crippen LogP contribution in [0.4, 0.5) is 0 Å². The summed E-state index contributed by atoms with van der Waals surface area (Å²) in [6.07, 6.45) is 1.84. The number of carbonyl (C=O) groups excluding carboxylic acids is 2. The van der Waals surface area contributed by atoms with E-state index in [9.17, 15) is 9.59 Å². The molecule has 31 heavy (non-hydrogen) atoms. The number of ketones is 1. The Morgan fingerprint density at radius 1 is 1.03 bits per heavy atom. The summed E-state index contributed by atoms with van der Waals surface area (Å²) in [5.74, 6) is 2.42. The lowest BCUT2D eigenvalue weighted by atomic mass is 9.95. The van der Waals surface area contributed by atoms with Gasteiger partial charge in [0.25, 0.3) is 0 Å². The minimum atomic E-state index is -0.107. The van der Waals surface area contributed by atoms with Crippen molar-refractivity contribution in [2.45, 2.75) is 46.1 Å². The largest absolute Gasteiger partial charge is 0.494 e. The van der Waals surface area contributed by atoms with E-state index in [-0.39, 0.29) is 23.7 Å². The third-order valence-corrected chi connectivity index (χ3v) is 5.19. The van der Waals surface area contributed by atoms with Gasteiger partial charge in [0, 0.05) is 18.4 Å². The van der Waals surface area contributed by atoms with E-state index in [1.807, 2.05) is 18.2 Å². The normalized spacial score (nSPS) is 13.9. The fourth-order valence-corrected chi connectivity index (χ4v) is 3.46. The summed E-state index contributed by atoms with van der Waals surface area (Å²) in [6, 6.07) is 12.8. The van der Waals surface area contributed by atoms with Gasteiger partial charge in [-0.25, -0.2) is 0 Å². The molecule has 0 saturated carbocycles. The third-order valence-electron chi connectivity index (χ3n) is 5.19. The summed E-state index contributed by atoms with van der Waals surface area (Å²) < 4.78 is 17.2. The molecule has 6 nitrogen and oxygen atoms in total. The molecule has 2 aromatic carbocycles. The highest BCUT2D eigenvalue weighted by atomic mass is 16.5. The maximum atomic E-state index is 12.5. The molecule has 0 radical (unpaired) electrons. The second-order valence-corrected chi connectivity index (χ2v) is 8.08. The Labute approximate surface area is 183 Å². The number of ether oxygens (including phenoxy) is 3. The van der Waals surface area contributed by atoms with Crippen LogP contribution in [0.15, 0.2) is 42.5 Å². The van der Waals surface area contributed by atoms with Crippen molar-refractivity contribution in [1.29, 1.82) is 0 Å². The predicted molar refractivity (Wildman–Crippen MR) is 119 cm³/mol. The fraction of sp³-hybridized carbons (Fsp3) is 0.440. The summed E-state index contributed by atoms with van der Waals surface area (Å²) in [4.78, 5) is 23.9. The molecule has 0 bridgehead atoms. The number of hydrogen-bond acceptors (Lipinski definition) is 5. The lowest BCUT2D eigenvalue weighted by molar-refractivity contribution is -0.122. The number of nitrogens with one attached hydrogen (secondary N) is 1. The van der Waals surface area contributed by atoms with E-state index in [0.717, 1.165) is 23.5 Å². The van der Waals surface area contributed by atoms with E-state index >= 15 is 0 Å². The summed E-state index contributed by atoms with van der Waals surface area (Å²) in [7, 11) is 0. The Morgan fingerprint density at radius 2 is 1.74 bits per heavy atom. The quantitative estimate of drug-likeness (QED) is 0.465. The second kappa shape index (κ2) is 10.8. The average molecular weight is 426 g/mol. The van der Waals surface area contributed by atoms with E-state index < -0.39 is 0 Å². The molecule has 1 atom stereocenters. The molecule has 2 aromatic rings. The van der Waals surface area contributed by atoms with Crippen LogP contribution in [-0.4, -0.2) is 31.5 Å². The van der Waals surface area contributed by atoms with E-state index in [2.05, 4.69) is 19.2 Å². The van der Waals surface area contributed by atoms with Gasteiger partial charge in [-0.1, -0.05) is 19.9 Å². The van der Waals surface area contributed by atoms with Crippen LogP contribution >= 0.6 is 0 Å². The molecule has 3 rings (SSSR count). The van der Waals surface area contributed by atoms with Crippen LogP contribution in [-0.2, 0) is 4.79 Å². The zero-order valence-corrected chi connectivity index (χ0v) is 18.5. The molecule has 0 aromatic heterocycles. The molecule has 1 aliphatic heterocycles. The first-order chi connectivity index (χ1) is 14.9. The number of hydrogen-bond donors (Lipinski definition) is 1. The van der Waals surface area contributed by atoms with Gasteiger partial charge in [0.05, 0.1) is 25.9 Å². The van der Waals surface area contributed by atoms with Gasteiger partial charge >= 0.3 is 0 Å². The van der Waals surface area contributed by atoms with Gasteiger partial charge in [0.2, 0.25) is 5.91 Å². The van der Waals surface area contributed by atoms with E-state index in [1.165, 1.54) is 6.92 Å². The van der Waals surface area contributed by atoms with Crippen LogP contribution in [0, 0.1) is 5.92 Å². The summed E-state index contributed by atoms with van der Waals surface area (Å²) >= 11 is 0. The first-order valence-corrected chi connectivity index (χ1v) is 10.9. The zero-order chi connectivity index (χ0) is 22.2. The molecule has 1 N–H and O–H groups in total. The number of amides is 1. The first kappa shape index (κ1) is 22.7. The highest BCUT2D eigenvalue weighted by Crippen LogP contribution is 2.34. The van der Waals surface area contributed by atoms with Gasteiger partial charge in [0.15, 0.2) is 17.3 Å². The molecule has 0 saturated heterocycles. The zero-order valence-electron chi connectivity index (χ0n) is 18.5. The smallest absolute Gasteiger partial charge is 0.220 e. The molecule has 0 fully saturated rings. The van der Waals surface area contributed by atoms with Gasteiger partial charge in [-0.05, 0) is 61.2 Å². The topological polar surface area (TPSA) is 73.9 Å². The van der Waals surface area contributed by atoms with Crippen molar-refractivity contribution in [2.75, 3.05) is 19.8 Å². The van der Waals surface area contributed by atoms with Gasteiger partial charge < -0.3 is 19.5 Å². The lowest BCUT2D eigenvalue weighted by Crippen LogP contribution is -2.31. The standard InChI is InChI=1S/C25H31NO5/c1-17(2)25(20-9-12-22-23(16-20)31-15-5-14-30-22)26-24(28)6-4-13-29-21-10-7-19(8-11-21)18(3)27/h7-12,16-17,25H,4-6,13-15H2,1-3H3,(H,26,28). The average Bonchev–Trinajstić information content (AvgIpc) is 3.00. The second-order valence-electron chi connectivity index (χ2n) is 8.08. The van der Waals surface area contributed by atoms with Crippen LogP contribution in [0.1, 0.15) is 62.0 Å². The predicted octanol–water partition coefficient (Wildman–Crippen LogP) is 4.72. The van der Waals surface area contributed by atoms with Crippen LogP contribution < -0.4 is 19.5 Å². The minimum Gasteiger partial charge on any atom is -0.494 e. The van der Waals surface area contributed by atoms with Crippen LogP contribution in [0.2, 0.25) is 0 Å². The Hall–Kier alpha value is -3.02.